The molecule has 0 saturated carbocycles. The van der Waals surface area contributed by atoms with Gasteiger partial charge >= 0.3 is 0 Å². The Labute approximate surface area is 274 Å². The van der Waals surface area contributed by atoms with Gasteiger partial charge in [0.05, 0.1) is 5.69 Å². The number of unbranched alkanes of at least 4 members (excludes halogenated alkanes) is 3. The van der Waals surface area contributed by atoms with Crippen molar-refractivity contribution < 1.29 is 0 Å². The SMILES string of the molecule is CCCCc1cc(C=C(CC)C(C)=Nc2cc(-c3ccccc3)c(CC)c(-c3ccccc3)c2)cc(CCCC)c1CCCC. The van der Waals surface area contributed by atoms with Crippen LogP contribution in [0.5, 0.6) is 0 Å². The number of benzene rings is 4. The molecule has 4 rings (SSSR count). The molecule has 0 aliphatic carbocycles. The van der Waals surface area contributed by atoms with Crippen molar-refractivity contribution in [3.63, 3.8) is 0 Å². The normalized spacial score (nSPS) is 12.1. The zero-order valence-corrected chi connectivity index (χ0v) is 28.9. The fraction of sp³-hybridized carbons (Fsp3) is 0.386. The summed E-state index contributed by atoms with van der Waals surface area (Å²) in [5.74, 6) is 0. The Kier molecular flexibility index (Phi) is 13.4. The summed E-state index contributed by atoms with van der Waals surface area (Å²) >= 11 is 0. The van der Waals surface area contributed by atoms with Crippen LogP contribution in [0.3, 0.4) is 0 Å². The summed E-state index contributed by atoms with van der Waals surface area (Å²) in [6.07, 6.45) is 15.4. The van der Waals surface area contributed by atoms with Crippen molar-refractivity contribution in [2.45, 2.75) is 112 Å². The van der Waals surface area contributed by atoms with Crippen LogP contribution in [0.1, 0.15) is 114 Å². The molecule has 0 saturated heterocycles. The van der Waals surface area contributed by atoms with Gasteiger partial charge in [-0.05, 0) is 132 Å². The Morgan fingerprint density at radius 1 is 0.600 bits per heavy atom. The first-order valence-corrected chi connectivity index (χ1v) is 17.7. The number of rotatable bonds is 16. The predicted octanol–water partition coefficient (Wildman–Crippen LogP) is 13.2. The summed E-state index contributed by atoms with van der Waals surface area (Å²) in [6, 6.07) is 31.2. The van der Waals surface area contributed by atoms with Crippen molar-refractivity contribution in [2.75, 3.05) is 0 Å². The maximum absolute atomic E-state index is 5.32. The average Bonchev–Trinajstić information content (AvgIpc) is 3.08. The van der Waals surface area contributed by atoms with Crippen molar-refractivity contribution in [2.24, 2.45) is 4.99 Å². The summed E-state index contributed by atoms with van der Waals surface area (Å²) in [5, 5.41) is 0. The molecule has 4 aromatic rings. The third kappa shape index (κ3) is 9.16. The number of aliphatic imine (C=N–C) groups is 1. The van der Waals surface area contributed by atoms with Gasteiger partial charge in [0.2, 0.25) is 0 Å². The van der Waals surface area contributed by atoms with E-state index in [0.29, 0.717) is 0 Å². The standard InChI is InChI=1S/C44H55N/c1-7-12-21-38-29-34(30-39(22-13-8-2)42(38)27-14-9-3)28-35(10-4)33(6)45-40-31-43(36-23-17-15-18-24-36)41(11-5)44(32-40)37-25-19-16-20-26-37/h15-20,23-26,28-32H,7-14,21-22,27H2,1-6H3. The van der Waals surface area contributed by atoms with Gasteiger partial charge in [0.25, 0.3) is 0 Å². The highest BCUT2D eigenvalue weighted by Gasteiger charge is 2.15. The first-order chi connectivity index (χ1) is 22.0. The van der Waals surface area contributed by atoms with Gasteiger partial charge in [-0.25, -0.2) is 0 Å². The fourth-order valence-electron chi connectivity index (χ4n) is 6.54. The van der Waals surface area contributed by atoms with E-state index in [0.717, 1.165) is 24.2 Å². The Bertz CT molecular complexity index is 1470. The van der Waals surface area contributed by atoms with Crippen LogP contribution >= 0.6 is 0 Å². The number of aryl methyl sites for hydroxylation is 2. The Hall–Kier alpha value is -3.71. The van der Waals surface area contributed by atoms with Gasteiger partial charge in [0.1, 0.15) is 0 Å². The topological polar surface area (TPSA) is 12.4 Å². The summed E-state index contributed by atoms with van der Waals surface area (Å²) in [4.78, 5) is 5.32. The molecule has 0 atom stereocenters. The van der Waals surface area contributed by atoms with Gasteiger partial charge in [-0.2, -0.15) is 0 Å². The molecule has 0 aromatic heterocycles. The van der Waals surface area contributed by atoms with Gasteiger partial charge in [-0.3, -0.25) is 4.99 Å². The molecule has 0 radical (unpaired) electrons. The van der Waals surface area contributed by atoms with Crippen molar-refractivity contribution >= 4 is 17.5 Å². The highest BCUT2D eigenvalue weighted by molar-refractivity contribution is 6.03. The number of allylic oxidation sites excluding steroid dienone is 1. The quantitative estimate of drug-likeness (QED) is 0.114. The lowest BCUT2D eigenvalue weighted by Gasteiger charge is -2.18. The van der Waals surface area contributed by atoms with Gasteiger partial charge in [0.15, 0.2) is 0 Å². The van der Waals surface area contributed by atoms with Crippen LogP contribution in [0.15, 0.2) is 95.5 Å². The van der Waals surface area contributed by atoms with Gasteiger partial charge in [-0.1, -0.05) is 127 Å². The molecule has 0 N–H and O–H groups in total. The molecular weight excluding hydrogens is 542 g/mol. The van der Waals surface area contributed by atoms with E-state index in [2.05, 4.69) is 133 Å². The Balaban J connectivity index is 1.82. The van der Waals surface area contributed by atoms with Crippen molar-refractivity contribution in [3.05, 3.63) is 118 Å². The summed E-state index contributed by atoms with van der Waals surface area (Å²) < 4.78 is 0. The minimum atomic E-state index is 0.950. The van der Waals surface area contributed by atoms with Gasteiger partial charge in [0, 0.05) is 5.71 Å². The van der Waals surface area contributed by atoms with E-state index in [1.54, 1.807) is 16.7 Å². The monoisotopic (exact) mass is 597 g/mol. The van der Waals surface area contributed by atoms with Crippen LogP contribution < -0.4 is 0 Å². The smallest absolute Gasteiger partial charge is 0.0645 e. The van der Waals surface area contributed by atoms with E-state index >= 15 is 0 Å². The molecule has 236 valence electrons. The van der Waals surface area contributed by atoms with Crippen LogP contribution in [-0.4, -0.2) is 5.71 Å². The van der Waals surface area contributed by atoms with Crippen molar-refractivity contribution in [3.8, 4) is 22.3 Å². The second-order valence-electron chi connectivity index (χ2n) is 12.5. The number of hydrogen-bond acceptors (Lipinski definition) is 1. The van der Waals surface area contributed by atoms with Crippen LogP contribution in [0, 0.1) is 0 Å². The van der Waals surface area contributed by atoms with Gasteiger partial charge in [-0.15, -0.1) is 0 Å². The summed E-state index contributed by atoms with van der Waals surface area (Å²) in [5.41, 5.74) is 16.0. The van der Waals surface area contributed by atoms with E-state index in [4.69, 9.17) is 4.99 Å². The molecule has 45 heavy (non-hydrogen) atoms. The molecule has 0 aliphatic heterocycles. The second kappa shape index (κ2) is 17.7. The molecule has 4 aromatic carbocycles. The third-order valence-electron chi connectivity index (χ3n) is 9.08. The highest BCUT2D eigenvalue weighted by atomic mass is 14.7. The lowest BCUT2D eigenvalue weighted by atomic mass is 9.88. The third-order valence-corrected chi connectivity index (χ3v) is 9.08. The molecule has 1 nitrogen and oxygen atoms in total. The molecule has 0 unspecified atom stereocenters. The predicted molar refractivity (Wildman–Crippen MR) is 200 cm³/mol. The van der Waals surface area contributed by atoms with Crippen LogP contribution in [-0.2, 0) is 25.7 Å². The zero-order chi connectivity index (χ0) is 32.0. The molecule has 1 heteroatoms. The Morgan fingerprint density at radius 2 is 1.09 bits per heavy atom. The number of nitrogens with zero attached hydrogens (tertiary/aromatic N) is 1. The lowest BCUT2D eigenvalue weighted by molar-refractivity contribution is 0.734. The molecule has 0 bridgehead atoms. The maximum atomic E-state index is 5.32. The number of hydrogen-bond donors (Lipinski definition) is 0. The van der Waals surface area contributed by atoms with Gasteiger partial charge < -0.3 is 0 Å². The zero-order valence-electron chi connectivity index (χ0n) is 28.9. The summed E-state index contributed by atoms with van der Waals surface area (Å²) in [6.45, 7) is 13.6. The second-order valence-corrected chi connectivity index (χ2v) is 12.5. The van der Waals surface area contributed by atoms with Crippen molar-refractivity contribution in [1.29, 1.82) is 0 Å². The molecule has 0 fully saturated rings. The summed E-state index contributed by atoms with van der Waals surface area (Å²) in [7, 11) is 0. The molecule has 0 aliphatic rings. The first-order valence-electron chi connectivity index (χ1n) is 17.7. The molecular formula is C44H55N. The maximum Gasteiger partial charge on any atom is 0.0645 e. The van der Waals surface area contributed by atoms with E-state index in [9.17, 15) is 0 Å². The average molecular weight is 598 g/mol. The minimum Gasteiger partial charge on any atom is -0.253 e. The van der Waals surface area contributed by atoms with E-state index in [1.165, 1.54) is 96.7 Å². The van der Waals surface area contributed by atoms with Crippen molar-refractivity contribution in [1.82, 2.24) is 0 Å². The highest BCUT2D eigenvalue weighted by Crippen LogP contribution is 2.37. The van der Waals surface area contributed by atoms with Crippen LogP contribution in [0.25, 0.3) is 28.3 Å². The molecule has 0 amide bonds. The fourth-order valence-corrected chi connectivity index (χ4v) is 6.54. The molecule has 0 spiro atoms. The van der Waals surface area contributed by atoms with E-state index in [1.807, 2.05) is 0 Å². The Morgan fingerprint density at radius 3 is 1.53 bits per heavy atom. The first kappa shape index (κ1) is 34.2. The largest absolute Gasteiger partial charge is 0.253 e. The lowest BCUT2D eigenvalue weighted by Crippen LogP contribution is -2.04. The van der Waals surface area contributed by atoms with E-state index in [-0.39, 0.29) is 0 Å². The molecule has 0 heterocycles. The van der Waals surface area contributed by atoms with E-state index < -0.39 is 0 Å². The van der Waals surface area contributed by atoms with Crippen LogP contribution in [0.2, 0.25) is 0 Å². The van der Waals surface area contributed by atoms with Crippen LogP contribution in [0.4, 0.5) is 5.69 Å². The minimum absolute atomic E-state index is 0.950.